The molecule has 1 aromatic rings. The van der Waals surface area contributed by atoms with Crippen LogP contribution >= 0.6 is 22.6 Å². The Morgan fingerprint density at radius 1 is 1.27 bits per heavy atom. The van der Waals surface area contributed by atoms with Crippen molar-refractivity contribution in [1.82, 2.24) is 10.2 Å². The van der Waals surface area contributed by atoms with Crippen LogP contribution in [0.25, 0.3) is 0 Å². The summed E-state index contributed by atoms with van der Waals surface area (Å²) in [5.41, 5.74) is 1.00. The third-order valence-corrected chi connectivity index (χ3v) is 4.09. The van der Waals surface area contributed by atoms with Gasteiger partial charge in [0.25, 0.3) is 0 Å². The summed E-state index contributed by atoms with van der Waals surface area (Å²) in [5.74, 6) is 0.478. The molecule has 2 rings (SSSR count). The zero-order chi connectivity index (χ0) is 16.2. The van der Waals surface area contributed by atoms with Gasteiger partial charge < -0.3 is 14.8 Å². The van der Waals surface area contributed by atoms with E-state index in [1.54, 1.807) is 6.07 Å². The molecule has 0 aliphatic carbocycles. The van der Waals surface area contributed by atoms with E-state index in [1.165, 1.54) is 7.11 Å². The summed E-state index contributed by atoms with van der Waals surface area (Å²) in [4.78, 5) is 2.29. The number of nitrogens with zero attached hydrogens (tertiary/aromatic N) is 1. The molecule has 124 valence electrons. The van der Waals surface area contributed by atoms with Crippen LogP contribution in [0, 0.1) is 3.57 Å². The topological polar surface area (TPSA) is 33.7 Å². The van der Waals surface area contributed by atoms with Crippen molar-refractivity contribution in [2.24, 2.45) is 0 Å². The first-order valence-corrected chi connectivity index (χ1v) is 7.96. The number of nitrogens with one attached hydrogen (secondary N) is 1. The number of rotatable bonds is 5. The number of hydrogen-bond donors (Lipinski definition) is 1. The first-order chi connectivity index (χ1) is 10.4. The predicted molar refractivity (Wildman–Crippen MR) is 85.4 cm³/mol. The molecule has 1 aliphatic heterocycles. The second-order valence-corrected chi connectivity index (χ2v) is 6.20. The highest BCUT2D eigenvalue weighted by Gasteiger charge is 2.29. The molecule has 1 heterocycles. The van der Waals surface area contributed by atoms with Crippen LogP contribution in [0.2, 0.25) is 0 Å². The maximum Gasteiger partial charge on any atom is 0.422 e. The molecule has 0 atom stereocenters. The largest absolute Gasteiger partial charge is 0.493 e. The fourth-order valence-electron chi connectivity index (χ4n) is 2.29. The van der Waals surface area contributed by atoms with Crippen LogP contribution in [0.5, 0.6) is 11.5 Å². The van der Waals surface area contributed by atoms with E-state index in [0.29, 0.717) is 9.32 Å². The predicted octanol–water partition coefficient (Wildman–Crippen LogP) is 2.65. The van der Waals surface area contributed by atoms with Crippen LogP contribution in [-0.2, 0) is 6.54 Å². The Labute approximate surface area is 141 Å². The second-order valence-electron chi connectivity index (χ2n) is 5.04. The third kappa shape index (κ3) is 5.17. The molecule has 0 bridgehead atoms. The van der Waals surface area contributed by atoms with Crippen molar-refractivity contribution in [2.75, 3.05) is 39.9 Å². The fraction of sp³-hybridized carbons (Fsp3) is 0.571. The summed E-state index contributed by atoms with van der Waals surface area (Å²) in [6.07, 6.45) is -4.37. The van der Waals surface area contributed by atoms with Gasteiger partial charge >= 0.3 is 6.18 Å². The van der Waals surface area contributed by atoms with E-state index < -0.39 is 12.8 Å². The van der Waals surface area contributed by atoms with Crippen molar-refractivity contribution in [3.8, 4) is 11.5 Å². The van der Waals surface area contributed by atoms with Gasteiger partial charge in [0.2, 0.25) is 0 Å². The molecule has 1 fully saturated rings. The highest BCUT2D eigenvalue weighted by atomic mass is 127. The Morgan fingerprint density at radius 3 is 2.55 bits per heavy atom. The van der Waals surface area contributed by atoms with Crippen LogP contribution in [0.15, 0.2) is 12.1 Å². The molecule has 1 aliphatic rings. The van der Waals surface area contributed by atoms with Crippen molar-refractivity contribution in [2.45, 2.75) is 12.7 Å². The SMILES string of the molecule is COc1cc(CN2CCNCC2)cc(I)c1OCC(F)(F)F. The lowest BCUT2D eigenvalue weighted by molar-refractivity contribution is -0.153. The summed E-state index contributed by atoms with van der Waals surface area (Å²) in [6, 6.07) is 3.59. The van der Waals surface area contributed by atoms with Crippen LogP contribution in [0.3, 0.4) is 0 Å². The van der Waals surface area contributed by atoms with E-state index >= 15 is 0 Å². The molecule has 0 unspecified atom stereocenters. The van der Waals surface area contributed by atoms with Gasteiger partial charge in [-0.3, -0.25) is 4.90 Å². The molecule has 0 spiro atoms. The number of alkyl halides is 3. The van der Waals surface area contributed by atoms with Gasteiger partial charge in [0.1, 0.15) is 0 Å². The van der Waals surface area contributed by atoms with Crippen molar-refractivity contribution in [3.63, 3.8) is 0 Å². The average molecular weight is 430 g/mol. The van der Waals surface area contributed by atoms with Crippen molar-refractivity contribution in [3.05, 3.63) is 21.3 Å². The zero-order valence-electron chi connectivity index (χ0n) is 12.2. The molecule has 1 saturated heterocycles. The average Bonchev–Trinajstić information content (AvgIpc) is 2.45. The molecule has 22 heavy (non-hydrogen) atoms. The molecule has 8 heteroatoms. The minimum Gasteiger partial charge on any atom is -0.493 e. The Kier molecular flexibility index (Phi) is 6.16. The number of halogens is 4. The molecular weight excluding hydrogens is 412 g/mol. The Bertz CT molecular complexity index is 506. The lowest BCUT2D eigenvalue weighted by Gasteiger charge is -2.27. The minimum atomic E-state index is -4.37. The Balaban J connectivity index is 2.12. The summed E-state index contributed by atoms with van der Waals surface area (Å²) < 4.78 is 47.6. The van der Waals surface area contributed by atoms with Gasteiger partial charge in [0.15, 0.2) is 18.1 Å². The zero-order valence-corrected chi connectivity index (χ0v) is 14.3. The smallest absolute Gasteiger partial charge is 0.422 e. The molecule has 1 N–H and O–H groups in total. The summed E-state index contributed by atoms with van der Waals surface area (Å²) in [6.45, 7) is 3.21. The molecule has 0 saturated carbocycles. The van der Waals surface area contributed by atoms with Crippen LogP contribution in [0.4, 0.5) is 13.2 Å². The fourth-order valence-corrected chi connectivity index (χ4v) is 3.11. The van der Waals surface area contributed by atoms with Crippen molar-refractivity contribution >= 4 is 22.6 Å². The highest BCUT2D eigenvalue weighted by Crippen LogP contribution is 2.35. The summed E-state index contributed by atoms with van der Waals surface area (Å²) >= 11 is 1.98. The van der Waals surface area contributed by atoms with Gasteiger partial charge in [-0.05, 0) is 40.3 Å². The molecule has 1 aromatic carbocycles. The summed E-state index contributed by atoms with van der Waals surface area (Å²) in [5, 5.41) is 3.28. The normalized spacial score (nSPS) is 16.6. The number of benzene rings is 1. The quantitative estimate of drug-likeness (QED) is 0.729. The molecule has 0 amide bonds. The number of methoxy groups -OCH3 is 1. The van der Waals surface area contributed by atoms with Crippen LogP contribution < -0.4 is 14.8 Å². The van der Waals surface area contributed by atoms with Crippen LogP contribution in [0.1, 0.15) is 5.56 Å². The van der Waals surface area contributed by atoms with Gasteiger partial charge in [-0.2, -0.15) is 13.2 Å². The van der Waals surface area contributed by atoms with E-state index in [9.17, 15) is 13.2 Å². The number of ether oxygens (including phenoxy) is 2. The molecule has 4 nitrogen and oxygen atoms in total. The summed E-state index contributed by atoms with van der Waals surface area (Å²) in [7, 11) is 1.43. The lowest BCUT2D eigenvalue weighted by atomic mass is 10.1. The standard InChI is InChI=1S/C14H18F3IN2O2/c1-21-12-7-10(8-20-4-2-19-3-5-20)6-11(18)13(12)22-9-14(15,16)17/h6-7,19H,2-5,8-9H2,1H3. The van der Waals surface area contributed by atoms with Gasteiger partial charge in [-0.1, -0.05) is 0 Å². The monoisotopic (exact) mass is 430 g/mol. The maximum absolute atomic E-state index is 12.3. The van der Waals surface area contributed by atoms with Gasteiger partial charge in [-0.15, -0.1) is 0 Å². The van der Waals surface area contributed by atoms with E-state index in [2.05, 4.69) is 10.2 Å². The second kappa shape index (κ2) is 7.69. The Hall–Kier alpha value is -0.740. The molecule has 0 aromatic heterocycles. The number of hydrogen-bond acceptors (Lipinski definition) is 4. The van der Waals surface area contributed by atoms with Crippen molar-refractivity contribution in [1.29, 1.82) is 0 Å². The van der Waals surface area contributed by atoms with Crippen molar-refractivity contribution < 1.29 is 22.6 Å². The maximum atomic E-state index is 12.3. The van der Waals surface area contributed by atoms with Gasteiger partial charge in [0, 0.05) is 32.7 Å². The van der Waals surface area contributed by atoms with Gasteiger partial charge in [0.05, 0.1) is 10.7 Å². The minimum absolute atomic E-state index is 0.143. The molecular formula is C14H18F3IN2O2. The number of piperazine rings is 1. The van der Waals surface area contributed by atoms with E-state index in [-0.39, 0.29) is 5.75 Å². The first-order valence-electron chi connectivity index (χ1n) is 6.88. The first kappa shape index (κ1) is 17.6. The Morgan fingerprint density at radius 2 is 1.95 bits per heavy atom. The third-order valence-electron chi connectivity index (χ3n) is 3.29. The van der Waals surface area contributed by atoms with Crippen LogP contribution in [-0.4, -0.2) is 51.0 Å². The highest BCUT2D eigenvalue weighted by molar-refractivity contribution is 14.1. The molecule has 0 radical (unpaired) electrons. The van der Waals surface area contributed by atoms with E-state index in [0.717, 1.165) is 38.3 Å². The lowest BCUT2D eigenvalue weighted by Crippen LogP contribution is -2.42. The van der Waals surface area contributed by atoms with E-state index in [1.807, 2.05) is 28.7 Å². The van der Waals surface area contributed by atoms with Gasteiger partial charge in [-0.25, -0.2) is 0 Å². The van der Waals surface area contributed by atoms with E-state index in [4.69, 9.17) is 9.47 Å².